The van der Waals surface area contributed by atoms with Crippen LogP contribution < -0.4 is 9.47 Å². The summed E-state index contributed by atoms with van der Waals surface area (Å²) in [5.74, 6) is -1.02. The number of likely N-dealkylation sites (tertiary alicyclic amines) is 1. The number of aromatic hydroxyl groups is 1. The molecule has 0 aromatic heterocycles. The summed E-state index contributed by atoms with van der Waals surface area (Å²) in [5, 5.41) is 21.1. The van der Waals surface area contributed by atoms with E-state index < -0.39 is 17.7 Å². The van der Waals surface area contributed by atoms with Crippen LogP contribution >= 0.6 is 0 Å². The van der Waals surface area contributed by atoms with Crippen LogP contribution in [0.25, 0.3) is 5.76 Å². The Morgan fingerprint density at radius 2 is 1.88 bits per heavy atom. The Labute approximate surface area is 185 Å². The van der Waals surface area contributed by atoms with Gasteiger partial charge in [-0.1, -0.05) is 6.07 Å². The average molecular weight is 439 g/mol. The van der Waals surface area contributed by atoms with E-state index in [0.29, 0.717) is 23.5 Å². The number of rotatable bonds is 6. The van der Waals surface area contributed by atoms with Crippen molar-refractivity contribution in [2.45, 2.75) is 25.0 Å². The molecule has 32 heavy (non-hydrogen) atoms. The first-order chi connectivity index (χ1) is 15.4. The fourth-order valence-electron chi connectivity index (χ4n) is 4.19. The summed E-state index contributed by atoms with van der Waals surface area (Å²) in [7, 11) is 2.95. The number of benzene rings is 2. The number of carbonyl (C=O) groups excluding carboxylic acids is 2. The molecule has 8 heteroatoms. The summed E-state index contributed by atoms with van der Waals surface area (Å²) in [5.41, 5.74) is 0.898. The molecule has 8 nitrogen and oxygen atoms in total. The molecule has 0 aliphatic carbocycles. The highest BCUT2D eigenvalue weighted by molar-refractivity contribution is 6.46. The van der Waals surface area contributed by atoms with E-state index in [0.717, 1.165) is 12.8 Å². The van der Waals surface area contributed by atoms with Crippen molar-refractivity contribution in [3.8, 4) is 17.2 Å². The Balaban J connectivity index is 1.83. The van der Waals surface area contributed by atoms with Crippen molar-refractivity contribution in [3.05, 3.63) is 59.2 Å². The molecule has 2 fully saturated rings. The van der Waals surface area contributed by atoms with Crippen molar-refractivity contribution in [1.82, 2.24) is 4.90 Å². The predicted molar refractivity (Wildman–Crippen MR) is 116 cm³/mol. The zero-order valence-corrected chi connectivity index (χ0v) is 17.9. The van der Waals surface area contributed by atoms with Crippen LogP contribution in [0.4, 0.5) is 0 Å². The minimum atomic E-state index is -0.851. The molecule has 0 spiro atoms. The number of phenolic OH excluding ortho intramolecular Hbond substituents is 1. The number of phenols is 1. The molecule has 168 valence electrons. The van der Waals surface area contributed by atoms with E-state index in [1.54, 1.807) is 36.4 Å². The molecule has 2 atom stereocenters. The second-order valence-electron chi connectivity index (χ2n) is 7.75. The van der Waals surface area contributed by atoms with Gasteiger partial charge in [-0.25, -0.2) is 0 Å². The third-order valence-corrected chi connectivity index (χ3v) is 5.85. The number of ketones is 1. The SMILES string of the molecule is COc1ccc(C(O)=C2C(=O)C(=O)N(C[C@@H]3CCCO3)[C@H]2c2ccc(O)c(OC)c2)cc1. The number of hydrogen-bond donors (Lipinski definition) is 2. The Morgan fingerprint density at radius 1 is 1.12 bits per heavy atom. The first kappa shape index (κ1) is 21.7. The molecule has 0 unspecified atom stereocenters. The molecule has 1 amide bonds. The van der Waals surface area contributed by atoms with Crippen molar-refractivity contribution in [1.29, 1.82) is 0 Å². The zero-order valence-electron chi connectivity index (χ0n) is 17.9. The minimum Gasteiger partial charge on any atom is -0.507 e. The molecule has 4 rings (SSSR count). The van der Waals surface area contributed by atoms with Gasteiger partial charge in [-0.05, 0) is 54.8 Å². The Kier molecular flexibility index (Phi) is 6.05. The molecule has 2 aromatic rings. The summed E-state index contributed by atoms with van der Waals surface area (Å²) >= 11 is 0. The van der Waals surface area contributed by atoms with Gasteiger partial charge in [0.2, 0.25) is 0 Å². The number of aliphatic hydroxyl groups is 1. The average Bonchev–Trinajstić information content (AvgIpc) is 3.41. The maximum absolute atomic E-state index is 13.1. The lowest BCUT2D eigenvalue weighted by molar-refractivity contribution is -0.140. The predicted octanol–water partition coefficient (Wildman–Crippen LogP) is 3.01. The number of carbonyl (C=O) groups is 2. The van der Waals surface area contributed by atoms with E-state index in [4.69, 9.17) is 14.2 Å². The molecule has 2 aliphatic heterocycles. The summed E-state index contributed by atoms with van der Waals surface area (Å²) in [6, 6.07) is 10.3. The van der Waals surface area contributed by atoms with Crippen molar-refractivity contribution < 1.29 is 34.0 Å². The fourth-order valence-corrected chi connectivity index (χ4v) is 4.19. The lowest BCUT2D eigenvalue weighted by Gasteiger charge is -2.27. The molecule has 0 radical (unpaired) electrons. The van der Waals surface area contributed by atoms with Gasteiger partial charge < -0.3 is 29.3 Å². The Hall–Kier alpha value is -3.52. The molecule has 2 saturated heterocycles. The van der Waals surface area contributed by atoms with Crippen LogP contribution in [-0.2, 0) is 14.3 Å². The molecule has 2 N–H and O–H groups in total. The monoisotopic (exact) mass is 439 g/mol. The smallest absolute Gasteiger partial charge is 0.295 e. The lowest BCUT2D eigenvalue weighted by atomic mass is 9.94. The number of ether oxygens (including phenoxy) is 3. The fraction of sp³-hybridized carbons (Fsp3) is 0.333. The Bertz CT molecular complexity index is 1050. The third-order valence-electron chi connectivity index (χ3n) is 5.85. The number of hydrogen-bond acceptors (Lipinski definition) is 7. The van der Waals surface area contributed by atoms with Crippen LogP contribution in [0.1, 0.15) is 30.0 Å². The van der Waals surface area contributed by atoms with Crippen LogP contribution in [0, 0.1) is 0 Å². The maximum atomic E-state index is 13.1. The largest absolute Gasteiger partial charge is 0.507 e. The van der Waals surface area contributed by atoms with E-state index in [9.17, 15) is 19.8 Å². The lowest BCUT2D eigenvalue weighted by Crippen LogP contribution is -2.36. The van der Waals surface area contributed by atoms with Crippen LogP contribution in [0.3, 0.4) is 0 Å². The molecule has 0 saturated carbocycles. The van der Waals surface area contributed by atoms with E-state index in [-0.39, 0.29) is 35.5 Å². The molecule has 0 bridgehead atoms. The van der Waals surface area contributed by atoms with Gasteiger partial charge in [0.05, 0.1) is 31.9 Å². The molecule has 2 aromatic carbocycles. The summed E-state index contributed by atoms with van der Waals surface area (Å²) in [4.78, 5) is 27.5. The van der Waals surface area contributed by atoms with E-state index in [2.05, 4.69) is 0 Å². The van der Waals surface area contributed by atoms with Crippen LogP contribution in [0.5, 0.6) is 17.2 Å². The van der Waals surface area contributed by atoms with Gasteiger partial charge in [-0.3, -0.25) is 9.59 Å². The molecule has 2 heterocycles. The number of amides is 1. The second-order valence-corrected chi connectivity index (χ2v) is 7.75. The van der Waals surface area contributed by atoms with Crippen molar-refractivity contribution in [2.24, 2.45) is 0 Å². The van der Waals surface area contributed by atoms with Crippen LogP contribution in [0.15, 0.2) is 48.0 Å². The normalized spacial score (nSPS) is 22.4. The second kappa shape index (κ2) is 8.92. The summed E-state index contributed by atoms with van der Waals surface area (Å²) in [6.45, 7) is 0.829. The standard InChI is InChI=1S/C24H25NO7/c1-30-16-8-5-14(6-9-16)22(27)20-21(15-7-10-18(26)19(12-15)31-2)25(24(29)23(20)28)13-17-4-3-11-32-17/h5-10,12,17,21,26-27H,3-4,11,13H2,1-2H3/t17-,21-/m0/s1. The van der Waals surface area contributed by atoms with Crippen molar-refractivity contribution >= 4 is 17.4 Å². The summed E-state index contributed by atoms with van der Waals surface area (Å²) < 4.78 is 16.1. The van der Waals surface area contributed by atoms with E-state index >= 15 is 0 Å². The number of aliphatic hydroxyl groups excluding tert-OH is 1. The van der Waals surface area contributed by atoms with Gasteiger partial charge in [-0.2, -0.15) is 0 Å². The van der Waals surface area contributed by atoms with E-state index in [1.807, 2.05) is 0 Å². The topological polar surface area (TPSA) is 106 Å². The van der Waals surface area contributed by atoms with Gasteiger partial charge in [0.25, 0.3) is 11.7 Å². The van der Waals surface area contributed by atoms with Crippen molar-refractivity contribution in [3.63, 3.8) is 0 Å². The van der Waals surface area contributed by atoms with Gasteiger partial charge in [0.15, 0.2) is 11.5 Å². The van der Waals surface area contributed by atoms with Gasteiger partial charge >= 0.3 is 0 Å². The zero-order chi connectivity index (χ0) is 22.8. The quantitative estimate of drug-likeness (QED) is 0.405. The highest BCUT2D eigenvalue weighted by Gasteiger charge is 2.47. The number of nitrogens with zero attached hydrogens (tertiary/aromatic N) is 1. The summed E-state index contributed by atoms with van der Waals surface area (Å²) in [6.07, 6.45) is 1.49. The highest BCUT2D eigenvalue weighted by Crippen LogP contribution is 2.42. The molecule has 2 aliphatic rings. The van der Waals surface area contributed by atoms with Gasteiger partial charge in [0.1, 0.15) is 11.5 Å². The highest BCUT2D eigenvalue weighted by atomic mass is 16.5. The first-order valence-corrected chi connectivity index (χ1v) is 10.4. The third kappa shape index (κ3) is 3.89. The minimum absolute atomic E-state index is 0.0223. The van der Waals surface area contributed by atoms with Crippen LogP contribution in [-0.4, -0.2) is 60.3 Å². The molecular formula is C24H25NO7. The number of Topliss-reactive ketones (excluding diaryl/α,β-unsaturated/α-hetero) is 1. The first-order valence-electron chi connectivity index (χ1n) is 10.4. The van der Waals surface area contributed by atoms with E-state index in [1.165, 1.54) is 25.2 Å². The van der Waals surface area contributed by atoms with Crippen LogP contribution in [0.2, 0.25) is 0 Å². The molecular weight excluding hydrogens is 414 g/mol. The van der Waals surface area contributed by atoms with Gasteiger partial charge in [0, 0.05) is 18.7 Å². The Morgan fingerprint density at radius 3 is 2.50 bits per heavy atom. The maximum Gasteiger partial charge on any atom is 0.295 e. The number of methoxy groups -OCH3 is 2. The van der Waals surface area contributed by atoms with Crippen molar-refractivity contribution in [2.75, 3.05) is 27.4 Å². The van der Waals surface area contributed by atoms with Gasteiger partial charge in [-0.15, -0.1) is 0 Å².